The molecule has 0 radical (unpaired) electrons. The summed E-state index contributed by atoms with van der Waals surface area (Å²) in [7, 11) is 0. The van der Waals surface area contributed by atoms with Crippen LogP contribution in [-0.4, -0.2) is 30.3 Å². The minimum absolute atomic E-state index is 0.00611. The van der Waals surface area contributed by atoms with Gasteiger partial charge in [0.2, 0.25) is 0 Å². The Morgan fingerprint density at radius 2 is 2.27 bits per heavy atom. The molecule has 2 aliphatic rings. The normalized spacial score (nSPS) is 28.2. The molecule has 0 aromatic carbocycles. The van der Waals surface area contributed by atoms with Gasteiger partial charge >= 0.3 is 0 Å². The third kappa shape index (κ3) is 1.11. The molecule has 0 aromatic heterocycles. The van der Waals surface area contributed by atoms with Crippen LogP contribution in [0.3, 0.4) is 0 Å². The van der Waals surface area contributed by atoms with Crippen molar-refractivity contribution in [3.8, 4) is 0 Å². The second kappa shape index (κ2) is 2.44. The Labute approximate surface area is 65.5 Å². The summed E-state index contributed by atoms with van der Waals surface area (Å²) in [4.78, 5) is 10.2. The van der Waals surface area contributed by atoms with Crippen LogP contribution in [0.1, 0.15) is 19.3 Å². The summed E-state index contributed by atoms with van der Waals surface area (Å²) in [5.74, 6) is 0. The van der Waals surface area contributed by atoms with E-state index in [4.69, 9.17) is 4.74 Å². The van der Waals surface area contributed by atoms with Crippen molar-refractivity contribution in [2.45, 2.75) is 24.9 Å². The summed E-state index contributed by atoms with van der Waals surface area (Å²) in [6.45, 7) is 2.02. The lowest BCUT2D eigenvalue weighted by atomic mass is 9.79. The van der Waals surface area contributed by atoms with E-state index in [2.05, 4.69) is 5.29 Å². The maximum Gasteiger partial charge on any atom is 0.0875 e. The molecule has 1 saturated carbocycles. The molecule has 1 aliphatic carbocycles. The van der Waals surface area contributed by atoms with Crippen LogP contribution in [0.4, 0.5) is 0 Å². The van der Waals surface area contributed by atoms with Crippen molar-refractivity contribution in [3.63, 3.8) is 0 Å². The Kier molecular flexibility index (Phi) is 1.56. The highest BCUT2D eigenvalue weighted by Gasteiger charge is 2.42. The quantitative estimate of drug-likeness (QED) is 0.530. The number of nitrogens with zero attached hydrogens (tertiary/aromatic N) is 2. The highest BCUT2D eigenvalue weighted by atomic mass is 16.5. The van der Waals surface area contributed by atoms with E-state index in [0.29, 0.717) is 19.7 Å². The molecule has 1 spiro atoms. The molecule has 0 N–H and O–H groups in total. The number of hydrogen-bond acceptors (Lipinski definition) is 3. The van der Waals surface area contributed by atoms with Crippen molar-refractivity contribution < 1.29 is 4.74 Å². The van der Waals surface area contributed by atoms with Gasteiger partial charge in [0.05, 0.1) is 30.6 Å². The summed E-state index contributed by atoms with van der Waals surface area (Å²) in [5.41, 5.74) is 0.00611. The average Bonchev–Trinajstić information content (AvgIpc) is 2.02. The van der Waals surface area contributed by atoms with Crippen molar-refractivity contribution in [2.75, 3.05) is 19.7 Å². The van der Waals surface area contributed by atoms with Gasteiger partial charge in [-0.1, -0.05) is 0 Å². The van der Waals surface area contributed by atoms with Gasteiger partial charge < -0.3 is 4.74 Å². The summed E-state index contributed by atoms with van der Waals surface area (Å²) in [5, 5.41) is 4.50. The molecule has 0 atom stereocenters. The fraction of sp³-hybridized carbons (Fsp3) is 1.00. The van der Waals surface area contributed by atoms with Crippen LogP contribution in [0.15, 0.2) is 5.29 Å². The molecule has 62 valence electrons. The SMILES string of the molecule is O=NN1CCOC2(CCC2)C1. The van der Waals surface area contributed by atoms with E-state index in [1.165, 1.54) is 6.42 Å². The lowest BCUT2D eigenvalue weighted by Gasteiger charge is -2.46. The minimum atomic E-state index is 0.00611. The Hall–Kier alpha value is -0.640. The van der Waals surface area contributed by atoms with Gasteiger partial charge in [0.1, 0.15) is 0 Å². The van der Waals surface area contributed by atoms with Gasteiger partial charge in [0.25, 0.3) is 0 Å². The van der Waals surface area contributed by atoms with E-state index in [1.807, 2.05) is 0 Å². The van der Waals surface area contributed by atoms with Gasteiger partial charge in [-0.25, -0.2) is 0 Å². The van der Waals surface area contributed by atoms with Gasteiger partial charge in [0, 0.05) is 0 Å². The molecular formula is C7H12N2O2. The van der Waals surface area contributed by atoms with E-state index in [-0.39, 0.29) is 5.60 Å². The zero-order valence-electron chi connectivity index (χ0n) is 6.45. The minimum Gasteiger partial charge on any atom is -0.371 e. The summed E-state index contributed by atoms with van der Waals surface area (Å²) < 4.78 is 5.59. The first-order valence-electron chi connectivity index (χ1n) is 4.07. The Bertz CT molecular complexity index is 168. The van der Waals surface area contributed by atoms with Crippen LogP contribution >= 0.6 is 0 Å². The molecule has 2 fully saturated rings. The zero-order chi connectivity index (χ0) is 7.73. The molecule has 0 unspecified atom stereocenters. The first-order chi connectivity index (χ1) is 5.35. The molecule has 1 saturated heterocycles. The second-order valence-electron chi connectivity index (χ2n) is 3.35. The second-order valence-corrected chi connectivity index (χ2v) is 3.35. The highest BCUT2D eigenvalue weighted by molar-refractivity contribution is 4.94. The maximum absolute atomic E-state index is 10.2. The third-order valence-corrected chi connectivity index (χ3v) is 2.61. The van der Waals surface area contributed by atoms with Gasteiger partial charge in [-0.2, -0.15) is 0 Å². The number of morpholine rings is 1. The van der Waals surface area contributed by atoms with Crippen LogP contribution in [0.2, 0.25) is 0 Å². The van der Waals surface area contributed by atoms with E-state index in [1.54, 1.807) is 5.01 Å². The largest absolute Gasteiger partial charge is 0.371 e. The summed E-state index contributed by atoms with van der Waals surface area (Å²) in [6, 6.07) is 0. The van der Waals surface area contributed by atoms with Crippen LogP contribution < -0.4 is 0 Å². The van der Waals surface area contributed by atoms with Gasteiger partial charge in [0.15, 0.2) is 0 Å². The molecule has 11 heavy (non-hydrogen) atoms. The van der Waals surface area contributed by atoms with Crippen molar-refractivity contribution in [1.82, 2.24) is 5.01 Å². The first-order valence-corrected chi connectivity index (χ1v) is 4.07. The van der Waals surface area contributed by atoms with Crippen molar-refractivity contribution in [2.24, 2.45) is 5.29 Å². The van der Waals surface area contributed by atoms with E-state index < -0.39 is 0 Å². The standard InChI is InChI=1S/C7H12N2O2/c10-8-9-4-5-11-7(6-9)2-1-3-7/h1-6H2. The molecule has 2 rings (SSSR count). The topological polar surface area (TPSA) is 41.9 Å². The Morgan fingerprint density at radius 1 is 1.45 bits per heavy atom. The Morgan fingerprint density at radius 3 is 2.82 bits per heavy atom. The van der Waals surface area contributed by atoms with Crippen molar-refractivity contribution >= 4 is 0 Å². The maximum atomic E-state index is 10.2. The zero-order valence-corrected chi connectivity index (χ0v) is 6.45. The fourth-order valence-corrected chi connectivity index (χ4v) is 1.77. The van der Waals surface area contributed by atoms with Gasteiger partial charge in [-0.15, -0.1) is 4.91 Å². The van der Waals surface area contributed by atoms with Gasteiger partial charge in [-0.05, 0) is 19.3 Å². The van der Waals surface area contributed by atoms with Crippen LogP contribution in [0.25, 0.3) is 0 Å². The van der Waals surface area contributed by atoms with E-state index in [0.717, 1.165) is 12.8 Å². The molecule has 0 aromatic rings. The fourth-order valence-electron chi connectivity index (χ4n) is 1.77. The Balaban J connectivity index is 1.97. The molecule has 1 heterocycles. The number of nitroso groups, excluding NO2 is 1. The van der Waals surface area contributed by atoms with Crippen LogP contribution in [0.5, 0.6) is 0 Å². The summed E-state index contributed by atoms with van der Waals surface area (Å²) >= 11 is 0. The molecular weight excluding hydrogens is 144 g/mol. The van der Waals surface area contributed by atoms with Crippen LogP contribution in [0, 0.1) is 4.91 Å². The number of rotatable bonds is 1. The highest BCUT2D eigenvalue weighted by Crippen LogP contribution is 2.37. The number of ether oxygens (including phenoxy) is 1. The van der Waals surface area contributed by atoms with Gasteiger partial charge in [-0.3, -0.25) is 5.01 Å². The lowest BCUT2D eigenvalue weighted by molar-refractivity contribution is -0.151. The number of hydrogen-bond donors (Lipinski definition) is 0. The molecule has 1 aliphatic heterocycles. The molecule has 4 nitrogen and oxygen atoms in total. The predicted molar refractivity (Wildman–Crippen MR) is 39.9 cm³/mol. The van der Waals surface area contributed by atoms with Crippen molar-refractivity contribution in [3.05, 3.63) is 4.91 Å². The smallest absolute Gasteiger partial charge is 0.0875 e. The third-order valence-electron chi connectivity index (χ3n) is 2.61. The van der Waals surface area contributed by atoms with E-state index in [9.17, 15) is 4.91 Å². The molecule has 0 bridgehead atoms. The van der Waals surface area contributed by atoms with Crippen LogP contribution in [-0.2, 0) is 4.74 Å². The average molecular weight is 156 g/mol. The monoisotopic (exact) mass is 156 g/mol. The van der Waals surface area contributed by atoms with E-state index >= 15 is 0 Å². The lowest BCUT2D eigenvalue weighted by Crippen LogP contribution is -2.53. The predicted octanol–water partition coefficient (Wildman–Crippen LogP) is 0.923. The molecule has 4 heteroatoms. The summed E-state index contributed by atoms with van der Waals surface area (Å²) in [6.07, 6.45) is 3.42. The first kappa shape index (κ1) is 7.03. The molecule has 0 amide bonds. The van der Waals surface area contributed by atoms with Crippen molar-refractivity contribution in [1.29, 1.82) is 0 Å².